The summed E-state index contributed by atoms with van der Waals surface area (Å²) in [5.41, 5.74) is 0.888. The molecular formula is C12H7N3O2S2. The first kappa shape index (κ1) is 12.1. The summed E-state index contributed by atoms with van der Waals surface area (Å²) in [6.45, 7) is 0. The molecule has 94 valence electrons. The topological polar surface area (TPSA) is 76.0 Å². The molecule has 5 nitrogen and oxygen atoms in total. The minimum atomic E-state index is -1.08. The largest absolute Gasteiger partial charge is 0.476 e. The summed E-state index contributed by atoms with van der Waals surface area (Å²) in [6, 6.07) is 7.87. The minimum Gasteiger partial charge on any atom is -0.476 e. The molecule has 0 atom stereocenters. The second-order valence-electron chi connectivity index (χ2n) is 3.59. The van der Waals surface area contributed by atoms with Crippen LogP contribution in [0.15, 0.2) is 46.0 Å². The summed E-state index contributed by atoms with van der Waals surface area (Å²) < 4.78 is 1.97. The van der Waals surface area contributed by atoms with Crippen LogP contribution in [0.2, 0.25) is 0 Å². The molecule has 3 rings (SSSR count). The van der Waals surface area contributed by atoms with E-state index in [4.69, 9.17) is 5.11 Å². The van der Waals surface area contributed by atoms with Gasteiger partial charge in [0.05, 0.1) is 22.6 Å². The van der Waals surface area contributed by atoms with Crippen molar-refractivity contribution in [2.75, 3.05) is 0 Å². The molecule has 1 N–H and O–H groups in total. The Morgan fingerprint density at radius 1 is 1.21 bits per heavy atom. The van der Waals surface area contributed by atoms with Gasteiger partial charge in [-0.05, 0) is 23.9 Å². The molecule has 0 amide bonds. The third kappa shape index (κ3) is 2.56. The molecule has 0 radical (unpaired) electrons. The summed E-state index contributed by atoms with van der Waals surface area (Å²) in [5.74, 6) is -1.08. The van der Waals surface area contributed by atoms with Gasteiger partial charge in [0, 0.05) is 0 Å². The molecule has 0 spiro atoms. The van der Waals surface area contributed by atoms with Gasteiger partial charge in [0.2, 0.25) is 0 Å². The number of benzene rings is 1. The fourth-order valence-corrected chi connectivity index (χ4v) is 3.39. The Balaban J connectivity index is 1.86. The first-order valence-electron chi connectivity index (χ1n) is 5.31. The zero-order valence-corrected chi connectivity index (χ0v) is 11.1. The van der Waals surface area contributed by atoms with Crippen LogP contribution < -0.4 is 0 Å². The molecule has 0 saturated carbocycles. The Kier molecular flexibility index (Phi) is 3.14. The van der Waals surface area contributed by atoms with Gasteiger partial charge in [0.15, 0.2) is 10.0 Å². The van der Waals surface area contributed by atoms with Crippen LogP contribution >= 0.6 is 23.1 Å². The molecule has 19 heavy (non-hydrogen) atoms. The van der Waals surface area contributed by atoms with E-state index < -0.39 is 5.97 Å². The van der Waals surface area contributed by atoms with E-state index in [0.29, 0.717) is 5.03 Å². The maximum atomic E-state index is 10.7. The molecular weight excluding hydrogens is 282 g/mol. The highest BCUT2D eigenvalue weighted by Gasteiger charge is 2.08. The molecule has 0 aliphatic carbocycles. The number of thiazole rings is 1. The van der Waals surface area contributed by atoms with Crippen molar-refractivity contribution < 1.29 is 9.90 Å². The molecule has 2 heterocycles. The molecule has 0 saturated heterocycles. The number of carbonyl (C=O) groups is 1. The molecule has 7 heteroatoms. The lowest BCUT2D eigenvalue weighted by molar-refractivity contribution is 0.0689. The highest BCUT2D eigenvalue weighted by atomic mass is 32.2. The van der Waals surface area contributed by atoms with Gasteiger partial charge < -0.3 is 5.11 Å². The van der Waals surface area contributed by atoms with E-state index in [9.17, 15) is 4.79 Å². The predicted molar refractivity (Wildman–Crippen MR) is 72.7 cm³/mol. The summed E-state index contributed by atoms with van der Waals surface area (Å²) in [4.78, 5) is 23.0. The zero-order valence-electron chi connectivity index (χ0n) is 9.48. The van der Waals surface area contributed by atoms with Crippen LogP contribution in [0.4, 0.5) is 0 Å². The van der Waals surface area contributed by atoms with E-state index in [1.165, 1.54) is 24.2 Å². The number of aromatic nitrogens is 3. The molecule has 0 aliphatic heterocycles. The number of hydrogen-bond acceptors (Lipinski definition) is 6. The average Bonchev–Trinajstić information content (AvgIpc) is 2.81. The minimum absolute atomic E-state index is 0.0614. The van der Waals surface area contributed by atoms with Crippen molar-refractivity contribution in [3.8, 4) is 0 Å². The maximum Gasteiger partial charge on any atom is 0.356 e. The number of fused-ring (bicyclic) bond motifs is 1. The quantitative estimate of drug-likeness (QED) is 0.799. The van der Waals surface area contributed by atoms with Crippen molar-refractivity contribution >= 4 is 39.3 Å². The van der Waals surface area contributed by atoms with Gasteiger partial charge in [0.25, 0.3) is 0 Å². The summed E-state index contributed by atoms with van der Waals surface area (Å²) >= 11 is 2.94. The van der Waals surface area contributed by atoms with Crippen molar-refractivity contribution in [3.05, 3.63) is 42.4 Å². The van der Waals surface area contributed by atoms with Gasteiger partial charge in [-0.3, -0.25) is 0 Å². The standard InChI is InChI=1S/C12H7N3O2S2/c16-11(17)8-5-14-10(6-13-8)19-12-15-7-3-1-2-4-9(7)18-12/h1-6H,(H,16,17). The summed E-state index contributed by atoms with van der Waals surface area (Å²) in [5, 5.41) is 9.37. The summed E-state index contributed by atoms with van der Waals surface area (Å²) in [6.07, 6.45) is 2.69. The monoisotopic (exact) mass is 289 g/mol. The Hall–Kier alpha value is -1.99. The predicted octanol–water partition coefficient (Wildman–Crippen LogP) is 2.94. The highest BCUT2D eigenvalue weighted by Crippen LogP contribution is 2.32. The molecule has 2 aromatic heterocycles. The third-order valence-electron chi connectivity index (χ3n) is 2.31. The van der Waals surface area contributed by atoms with Crippen molar-refractivity contribution in [1.29, 1.82) is 0 Å². The van der Waals surface area contributed by atoms with Gasteiger partial charge in [-0.15, -0.1) is 11.3 Å². The van der Waals surface area contributed by atoms with E-state index in [-0.39, 0.29) is 5.69 Å². The Bertz CT molecular complexity index is 707. The van der Waals surface area contributed by atoms with Crippen LogP contribution in [-0.4, -0.2) is 26.0 Å². The van der Waals surface area contributed by atoms with Crippen LogP contribution in [0.3, 0.4) is 0 Å². The lowest BCUT2D eigenvalue weighted by Crippen LogP contribution is -2.00. The molecule has 0 unspecified atom stereocenters. The average molecular weight is 289 g/mol. The van der Waals surface area contributed by atoms with E-state index in [2.05, 4.69) is 15.0 Å². The number of para-hydroxylation sites is 1. The Morgan fingerprint density at radius 3 is 2.74 bits per heavy atom. The van der Waals surface area contributed by atoms with Crippen LogP contribution in [0.5, 0.6) is 0 Å². The van der Waals surface area contributed by atoms with E-state index >= 15 is 0 Å². The second-order valence-corrected chi connectivity index (χ2v) is 5.89. The first-order chi connectivity index (χ1) is 9.22. The smallest absolute Gasteiger partial charge is 0.356 e. The van der Waals surface area contributed by atoms with Crippen molar-refractivity contribution in [2.45, 2.75) is 9.37 Å². The van der Waals surface area contributed by atoms with Crippen molar-refractivity contribution in [1.82, 2.24) is 15.0 Å². The van der Waals surface area contributed by atoms with Gasteiger partial charge >= 0.3 is 5.97 Å². The SMILES string of the molecule is O=C(O)c1cnc(Sc2nc3ccccc3s2)cn1. The lowest BCUT2D eigenvalue weighted by atomic mass is 10.3. The Morgan fingerprint density at radius 2 is 2.05 bits per heavy atom. The van der Waals surface area contributed by atoms with Crippen LogP contribution in [0.1, 0.15) is 10.5 Å². The van der Waals surface area contributed by atoms with E-state index in [0.717, 1.165) is 14.6 Å². The third-order valence-corrected chi connectivity index (χ3v) is 4.33. The normalized spacial score (nSPS) is 10.7. The summed E-state index contributed by atoms with van der Waals surface area (Å²) in [7, 11) is 0. The van der Waals surface area contributed by atoms with Crippen LogP contribution in [0.25, 0.3) is 10.2 Å². The van der Waals surface area contributed by atoms with E-state index in [1.807, 2.05) is 24.3 Å². The number of hydrogen-bond donors (Lipinski definition) is 1. The molecule has 0 bridgehead atoms. The van der Waals surface area contributed by atoms with Gasteiger partial charge in [-0.25, -0.2) is 19.7 Å². The van der Waals surface area contributed by atoms with Crippen LogP contribution in [0, 0.1) is 0 Å². The number of carboxylic acids is 1. The number of carboxylic acid groups (broad SMARTS) is 1. The number of rotatable bonds is 3. The van der Waals surface area contributed by atoms with Crippen molar-refractivity contribution in [3.63, 3.8) is 0 Å². The van der Waals surface area contributed by atoms with E-state index in [1.54, 1.807) is 11.3 Å². The highest BCUT2D eigenvalue weighted by molar-refractivity contribution is 8.01. The molecule has 1 aromatic carbocycles. The Labute approximate surface area is 116 Å². The van der Waals surface area contributed by atoms with Crippen LogP contribution in [-0.2, 0) is 0 Å². The fourth-order valence-electron chi connectivity index (χ4n) is 1.46. The second kappa shape index (κ2) is 4.94. The fraction of sp³-hybridized carbons (Fsp3) is 0. The molecule has 0 aliphatic rings. The zero-order chi connectivity index (χ0) is 13.2. The maximum absolute atomic E-state index is 10.7. The molecule has 3 aromatic rings. The van der Waals surface area contributed by atoms with Crippen molar-refractivity contribution in [2.24, 2.45) is 0 Å². The number of nitrogens with zero attached hydrogens (tertiary/aromatic N) is 3. The first-order valence-corrected chi connectivity index (χ1v) is 6.94. The van der Waals surface area contributed by atoms with Gasteiger partial charge in [0.1, 0.15) is 5.03 Å². The molecule has 0 fully saturated rings. The van der Waals surface area contributed by atoms with Gasteiger partial charge in [-0.2, -0.15) is 0 Å². The number of aromatic carboxylic acids is 1. The lowest BCUT2D eigenvalue weighted by Gasteiger charge is -1.96. The van der Waals surface area contributed by atoms with Gasteiger partial charge in [-0.1, -0.05) is 12.1 Å².